The Kier molecular flexibility index (Phi) is 4.96. The molecule has 0 aliphatic carbocycles. The molecule has 5 nitrogen and oxygen atoms in total. The number of aromatic nitrogens is 3. The molecule has 0 saturated carbocycles. The monoisotopic (exact) mass is 338 g/mol. The number of hydrogen-bond acceptors (Lipinski definition) is 5. The lowest BCUT2D eigenvalue weighted by atomic mass is 10.1. The maximum absolute atomic E-state index is 10.8. The van der Waals surface area contributed by atoms with E-state index in [9.17, 15) is 9.90 Å². The van der Waals surface area contributed by atoms with E-state index in [0.717, 1.165) is 34.3 Å². The van der Waals surface area contributed by atoms with Crippen molar-refractivity contribution in [2.24, 2.45) is 0 Å². The molecule has 0 aliphatic heterocycles. The Morgan fingerprint density at radius 1 is 1.12 bits per heavy atom. The van der Waals surface area contributed by atoms with Crippen LogP contribution in [-0.4, -0.2) is 26.5 Å². The molecule has 3 rings (SSSR count). The molecule has 0 amide bonds. The first-order valence-electron chi connectivity index (χ1n) is 7.50. The molecule has 2 aromatic carbocycles. The predicted molar refractivity (Wildman–Crippen MR) is 91.5 cm³/mol. The highest BCUT2D eigenvalue weighted by Crippen LogP contribution is 2.25. The highest BCUT2D eigenvalue weighted by Gasteiger charge is 2.15. The zero-order chi connectivity index (χ0) is 16.9. The van der Waals surface area contributed by atoms with Crippen LogP contribution in [0.15, 0.2) is 59.8 Å². The van der Waals surface area contributed by atoms with Crippen molar-refractivity contribution in [1.29, 1.82) is 0 Å². The van der Waals surface area contributed by atoms with E-state index in [1.165, 1.54) is 0 Å². The maximum Gasteiger partial charge on any atom is 0.192 e. The smallest absolute Gasteiger partial charge is 0.192 e. The van der Waals surface area contributed by atoms with Crippen molar-refractivity contribution < 1.29 is 9.90 Å². The third kappa shape index (κ3) is 3.83. The minimum Gasteiger partial charge on any atom is -0.549 e. The standard InChI is InChI=1S/C18H17N3O2S/c1-13-6-5-9-15(10-13)17-19-20-18(24-12-16(22)23)21(17)11-14-7-3-2-4-8-14/h2-10H,11-12H2,1H3,(H,22,23)/p-1. The molecular formula is C18H16N3O2S-. The summed E-state index contributed by atoms with van der Waals surface area (Å²) in [6.45, 7) is 2.60. The fourth-order valence-corrected chi connectivity index (χ4v) is 3.08. The van der Waals surface area contributed by atoms with Crippen LogP contribution in [-0.2, 0) is 11.3 Å². The number of benzene rings is 2. The van der Waals surface area contributed by atoms with Gasteiger partial charge in [0.05, 0.1) is 12.5 Å². The van der Waals surface area contributed by atoms with E-state index in [-0.39, 0.29) is 5.75 Å². The number of carboxylic acids is 1. The minimum absolute atomic E-state index is 0.152. The van der Waals surface area contributed by atoms with E-state index in [4.69, 9.17) is 0 Å². The van der Waals surface area contributed by atoms with Crippen LogP contribution in [0, 0.1) is 6.92 Å². The van der Waals surface area contributed by atoms with E-state index in [1.54, 1.807) is 0 Å². The van der Waals surface area contributed by atoms with Gasteiger partial charge in [-0.05, 0) is 18.6 Å². The van der Waals surface area contributed by atoms with Gasteiger partial charge < -0.3 is 9.90 Å². The number of carbonyl (C=O) groups excluding carboxylic acids is 1. The van der Waals surface area contributed by atoms with Gasteiger partial charge in [0, 0.05) is 11.3 Å². The SMILES string of the molecule is Cc1cccc(-c2nnc(SCC(=O)[O-])n2Cc2ccccc2)c1. The van der Waals surface area contributed by atoms with Crippen LogP contribution < -0.4 is 5.11 Å². The first-order valence-corrected chi connectivity index (χ1v) is 8.49. The second kappa shape index (κ2) is 7.31. The van der Waals surface area contributed by atoms with E-state index in [0.29, 0.717) is 11.7 Å². The van der Waals surface area contributed by atoms with Gasteiger partial charge in [0.15, 0.2) is 11.0 Å². The second-order valence-electron chi connectivity index (χ2n) is 5.41. The van der Waals surface area contributed by atoms with Crippen molar-refractivity contribution in [2.75, 3.05) is 5.75 Å². The van der Waals surface area contributed by atoms with Crippen LogP contribution in [0.1, 0.15) is 11.1 Å². The summed E-state index contributed by atoms with van der Waals surface area (Å²) >= 11 is 1.12. The first kappa shape index (κ1) is 16.3. The van der Waals surface area contributed by atoms with Crippen LogP contribution in [0.3, 0.4) is 0 Å². The molecule has 0 fully saturated rings. The molecule has 3 aromatic rings. The van der Waals surface area contributed by atoms with Crippen LogP contribution in [0.5, 0.6) is 0 Å². The number of aryl methyl sites for hydroxylation is 1. The number of rotatable bonds is 6. The quantitative estimate of drug-likeness (QED) is 0.644. The van der Waals surface area contributed by atoms with Gasteiger partial charge in [-0.1, -0.05) is 65.9 Å². The van der Waals surface area contributed by atoms with E-state index in [1.807, 2.05) is 66.1 Å². The summed E-state index contributed by atoms with van der Waals surface area (Å²) in [5, 5.41) is 19.8. The normalized spacial score (nSPS) is 10.7. The summed E-state index contributed by atoms with van der Waals surface area (Å²) in [5.74, 6) is -0.546. The molecule has 0 spiro atoms. The molecule has 122 valence electrons. The van der Waals surface area contributed by atoms with Gasteiger partial charge in [0.1, 0.15) is 0 Å². The van der Waals surface area contributed by atoms with Crippen molar-refractivity contribution in [3.8, 4) is 11.4 Å². The molecule has 0 aliphatic rings. The number of thioether (sulfide) groups is 1. The molecule has 1 aromatic heterocycles. The van der Waals surface area contributed by atoms with Crippen molar-refractivity contribution in [1.82, 2.24) is 14.8 Å². The molecule has 0 N–H and O–H groups in total. The maximum atomic E-state index is 10.8. The number of carbonyl (C=O) groups is 1. The Morgan fingerprint density at radius 2 is 1.92 bits per heavy atom. The Morgan fingerprint density at radius 3 is 2.62 bits per heavy atom. The largest absolute Gasteiger partial charge is 0.549 e. The molecule has 1 heterocycles. The van der Waals surface area contributed by atoms with Crippen LogP contribution in [0.25, 0.3) is 11.4 Å². The predicted octanol–water partition coefficient (Wildman–Crippen LogP) is 2.14. The van der Waals surface area contributed by atoms with Gasteiger partial charge in [0.2, 0.25) is 0 Å². The van der Waals surface area contributed by atoms with Gasteiger partial charge in [-0.3, -0.25) is 4.57 Å². The minimum atomic E-state index is -1.12. The molecule has 0 unspecified atom stereocenters. The molecule has 0 bridgehead atoms. The van der Waals surface area contributed by atoms with E-state index < -0.39 is 5.97 Å². The topological polar surface area (TPSA) is 70.8 Å². The molecule has 0 radical (unpaired) electrons. The van der Waals surface area contributed by atoms with Gasteiger partial charge in [-0.2, -0.15) is 0 Å². The van der Waals surface area contributed by atoms with Gasteiger partial charge >= 0.3 is 0 Å². The lowest BCUT2D eigenvalue weighted by Gasteiger charge is -2.11. The number of nitrogens with zero attached hydrogens (tertiary/aromatic N) is 3. The summed E-state index contributed by atoms with van der Waals surface area (Å²) in [7, 11) is 0. The van der Waals surface area contributed by atoms with Crippen LogP contribution in [0.2, 0.25) is 0 Å². The van der Waals surface area contributed by atoms with Crippen molar-refractivity contribution >= 4 is 17.7 Å². The average Bonchev–Trinajstić information content (AvgIpc) is 2.96. The molecular weight excluding hydrogens is 322 g/mol. The zero-order valence-corrected chi connectivity index (χ0v) is 14.0. The molecule has 0 atom stereocenters. The Bertz CT molecular complexity index is 846. The summed E-state index contributed by atoms with van der Waals surface area (Å²) < 4.78 is 1.94. The zero-order valence-electron chi connectivity index (χ0n) is 13.2. The summed E-state index contributed by atoms with van der Waals surface area (Å²) in [6.07, 6.45) is 0. The Balaban J connectivity index is 2.00. The highest BCUT2D eigenvalue weighted by atomic mass is 32.2. The fourth-order valence-electron chi connectivity index (χ4n) is 2.43. The summed E-state index contributed by atoms with van der Waals surface area (Å²) in [6, 6.07) is 18.0. The number of aliphatic carboxylic acids is 1. The van der Waals surface area contributed by atoms with Crippen molar-refractivity contribution in [2.45, 2.75) is 18.6 Å². The molecule has 6 heteroatoms. The van der Waals surface area contributed by atoms with Crippen LogP contribution >= 0.6 is 11.8 Å². The van der Waals surface area contributed by atoms with Crippen molar-refractivity contribution in [3.63, 3.8) is 0 Å². The third-order valence-corrected chi connectivity index (χ3v) is 4.44. The van der Waals surface area contributed by atoms with E-state index in [2.05, 4.69) is 10.2 Å². The lowest BCUT2D eigenvalue weighted by Crippen LogP contribution is -2.24. The van der Waals surface area contributed by atoms with Gasteiger partial charge in [-0.25, -0.2) is 0 Å². The van der Waals surface area contributed by atoms with Crippen LogP contribution in [0.4, 0.5) is 0 Å². The lowest BCUT2D eigenvalue weighted by molar-refractivity contribution is -0.301. The summed E-state index contributed by atoms with van der Waals surface area (Å²) in [4.78, 5) is 10.8. The fraction of sp³-hybridized carbons (Fsp3) is 0.167. The second-order valence-corrected chi connectivity index (χ2v) is 6.35. The third-order valence-electron chi connectivity index (χ3n) is 3.50. The molecule has 24 heavy (non-hydrogen) atoms. The average molecular weight is 338 g/mol. The van der Waals surface area contributed by atoms with E-state index >= 15 is 0 Å². The number of hydrogen-bond donors (Lipinski definition) is 0. The highest BCUT2D eigenvalue weighted by molar-refractivity contribution is 7.99. The van der Waals surface area contributed by atoms with Gasteiger partial charge in [-0.15, -0.1) is 10.2 Å². The summed E-state index contributed by atoms with van der Waals surface area (Å²) in [5.41, 5.74) is 3.19. The first-order chi connectivity index (χ1) is 11.6. The number of carboxylic acid groups (broad SMARTS) is 1. The Hall–Kier alpha value is -2.60. The van der Waals surface area contributed by atoms with Crippen molar-refractivity contribution in [3.05, 3.63) is 65.7 Å². The van der Waals surface area contributed by atoms with Gasteiger partial charge in [0.25, 0.3) is 0 Å². The molecule has 0 saturated heterocycles. The Labute approximate surface area is 144 Å².